The van der Waals surface area contributed by atoms with Crippen molar-refractivity contribution in [3.05, 3.63) is 60.1 Å². The molecule has 30 heavy (non-hydrogen) atoms. The smallest absolute Gasteiger partial charge is 0.237 e. The van der Waals surface area contributed by atoms with E-state index in [4.69, 9.17) is 4.42 Å². The van der Waals surface area contributed by atoms with Gasteiger partial charge in [0.25, 0.3) is 0 Å². The first kappa shape index (κ1) is 21.9. The molecule has 0 spiro atoms. The standard InChI is InChI=1S/C23H28N4O2S/c1-7-12-27-21(19-11-13-29-16(19)5)25-26-23(27)30-17(6)22(28)24-20-15(4)9-8-10-18(20)14(2)3/h7-11,13-14,17H,1,12H2,2-6H3,(H,24,28). The first-order valence-electron chi connectivity index (χ1n) is 9.99. The second-order valence-corrected chi connectivity index (χ2v) is 8.85. The van der Waals surface area contributed by atoms with Gasteiger partial charge >= 0.3 is 0 Å². The van der Waals surface area contributed by atoms with E-state index < -0.39 is 0 Å². The normalized spacial score (nSPS) is 12.2. The van der Waals surface area contributed by atoms with Crippen LogP contribution in [0, 0.1) is 13.8 Å². The lowest BCUT2D eigenvalue weighted by Crippen LogP contribution is -2.24. The van der Waals surface area contributed by atoms with Gasteiger partial charge < -0.3 is 9.73 Å². The van der Waals surface area contributed by atoms with E-state index in [1.165, 1.54) is 11.8 Å². The van der Waals surface area contributed by atoms with Gasteiger partial charge in [-0.25, -0.2) is 0 Å². The van der Waals surface area contributed by atoms with Gasteiger partial charge in [-0.15, -0.1) is 16.8 Å². The lowest BCUT2D eigenvalue weighted by molar-refractivity contribution is -0.115. The van der Waals surface area contributed by atoms with E-state index in [1.54, 1.807) is 12.3 Å². The highest BCUT2D eigenvalue weighted by molar-refractivity contribution is 8.00. The Bertz CT molecular complexity index is 1050. The summed E-state index contributed by atoms with van der Waals surface area (Å²) in [4.78, 5) is 13.0. The zero-order chi connectivity index (χ0) is 21.8. The maximum absolute atomic E-state index is 13.0. The number of aryl methyl sites for hydroxylation is 2. The van der Waals surface area contributed by atoms with Gasteiger partial charge in [-0.3, -0.25) is 9.36 Å². The van der Waals surface area contributed by atoms with Crippen molar-refractivity contribution >= 4 is 23.4 Å². The van der Waals surface area contributed by atoms with Crippen LogP contribution in [-0.2, 0) is 11.3 Å². The Morgan fingerprint density at radius 3 is 2.67 bits per heavy atom. The number of hydrogen-bond donors (Lipinski definition) is 1. The molecule has 1 unspecified atom stereocenters. The minimum atomic E-state index is -0.351. The van der Waals surface area contributed by atoms with Gasteiger partial charge in [0.05, 0.1) is 17.1 Å². The molecule has 0 saturated carbocycles. The number of nitrogens with zero attached hydrogens (tertiary/aromatic N) is 3. The van der Waals surface area contributed by atoms with Crippen molar-refractivity contribution in [1.29, 1.82) is 0 Å². The molecule has 7 heteroatoms. The number of allylic oxidation sites excluding steroid dienone is 1. The van der Waals surface area contributed by atoms with E-state index >= 15 is 0 Å². The van der Waals surface area contributed by atoms with Crippen molar-refractivity contribution in [1.82, 2.24) is 14.8 Å². The van der Waals surface area contributed by atoms with Crippen LogP contribution in [0.25, 0.3) is 11.4 Å². The largest absolute Gasteiger partial charge is 0.469 e. The number of nitrogens with one attached hydrogen (secondary N) is 1. The first-order valence-corrected chi connectivity index (χ1v) is 10.9. The van der Waals surface area contributed by atoms with Crippen LogP contribution in [0.3, 0.4) is 0 Å². The third-order valence-corrected chi connectivity index (χ3v) is 6.04. The highest BCUT2D eigenvalue weighted by Crippen LogP contribution is 2.31. The molecule has 6 nitrogen and oxygen atoms in total. The van der Waals surface area contributed by atoms with Crippen molar-refractivity contribution in [3.8, 4) is 11.4 Å². The number of para-hydroxylation sites is 1. The maximum atomic E-state index is 13.0. The third kappa shape index (κ3) is 4.51. The summed E-state index contributed by atoms with van der Waals surface area (Å²) in [6, 6.07) is 7.97. The Balaban J connectivity index is 1.82. The summed E-state index contributed by atoms with van der Waals surface area (Å²) in [6.45, 7) is 14.4. The molecule has 3 rings (SSSR count). The molecule has 0 aliphatic carbocycles. The maximum Gasteiger partial charge on any atom is 0.237 e. The molecule has 1 N–H and O–H groups in total. The van der Waals surface area contributed by atoms with E-state index in [2.05, 4.69) is 42.0 Å². The van der Waals surface area contributed by atoms with Gasteiger partial charge in [-0.2, -0.15) is 0 Å². The molecule has 0 fully saturated rings. The number of hydrogen-bond acceptors (Lipinski definition) is 5. The summed E-state index contributed by atoms with van der Waals surface area (Å²) in [5.41, 5.74) is 3.97. The Hall–Kier alpha value is -2.80. The first-order chi connectivity index (χ1) is 14.3. The molecular weight excluding hydrogens is 396 g/mol. The Kier molecular flexibility index (Phi) is 6.82. The highest BCUT2D eigenvalue weighted by Gasteiger charge is 2.23. The SMILES string of the molecule is C=CCn1c(SC(C)C(=O)Nc2c(C)cccc2C(C)C)nnc1-c1ccoc1C. The molecule has 1 aromatic carbocycles. The average Bonchev–Trinajstić information content (AvgIpc) is 3.29. The molecule has 0 radical (unpaired) electrons. The van der Waals surface area contributed by atoms with Crippen molar-refractivity contribution in [2.24, 2.45) is 0 Å². The third-order valence-electron chi connectivity index (χ3n) is 4.95. The molecule has 0 bridgehead atoms. The summed E-state index contributed by atoms with van der Waals surface area (Å²) in [7, 11) is 0. The Labute approximate surface area is 181 Å². The Morgan fingerprint density at radius 2 is 2.03 bits per heavy atom. The monoisotopic (exact) mass is 424 g/mol. The topological polar surface area (TPSA) is 73.0 Å². The number of carbonyl (C=O) groups is 1. The molecule has 1 amide bonds. The molecule has 3 aromatic rings. The fourth-order valence-electron chi connectivity index (χ4n) is 3.26. The number of anilines is 1. The summed E-state index contributed by atoms with van der Waals surface area (Å²) >= 11 is 1.38. The lowest BCUT2D eigenvalue weighted by Gasteiger charge is -2.18. The fourth-order valence-corrected chi connectivity index (χ4v) is 4.12. The van der Waals surface area contributed by atoms with Crippen LogP contribution in [-0.4, -0.2) is 25.9 Å². The van der Waals surface area contributed by atoms with E-state index in [0.29, 0.717) is 23.4 Å². The highest BCUT2D eigenvalue weighted by atomic mass is 32.2. The lowest BCUT2D eigenvalue weighted by atomic mass is 9.98. The summed E-state index contributed by atoms with van der Waals surface area (Å²) in [6.07, 6.45) is 3.42. The fraction of sp³-hybridized carbons (Fsp3) is 0.348. The van der Waals surface area contributed by atoms with Crippen LogP contribution in [0.5, 0.6) is 0 Å². The molecule has 158 valence electrons. The van der Waals surface area contributed by atoms with Gasteiger partial charge in [-0.05, 0) is 43.9 Å². The number of benzene rings is 1. The van der Waals surface area contributed by atoms with Gasteiger partial charge in [0.1, 0.15) is 5.76 Å². The van der Waals surface area contributed by atoms with Crippen molar-refractivity contribution < 1.29 is 9.21 Å². The number of thioether (sulfide) groups is 1. The van der Waals surface area contributed by atoms with Gasteiger partial charge in [-0.1, -0.05) is 49.9 Å². The number of furan rings is 1. The summed E-state index contributed by atoms with van der Waals surface area (Å²) in [5, 5.41) is 12.1. The Morgan fingerprint density at radius 1 is 1.27 bits per heavy atom. The van der Waals surface area contributed by atoms with Crippen LogP contribution in [0.1, 0.15) is 43.6 Å². The summed E-state index contributed by atoms with van der Waals surface area (Å²) < 4.78 is 7.36. The molecule has 0 aliphatic rings. The van der Waals surface area contributed by atoms with Crippen molar-refractivity contribution in [2.75, 3.05) is 5.32 Å². The summed E-state index contributed by atoms with van der Waals surface area (Å²) in [5.74, 6) is 1.73. The van der Waals surface area contributed by atoms with E-state index in [9.17, 15) is 4.79 Å². The minimum absolute atomic E-state index is 0.0644. The second kappa shape index (κ2) is 9.34. The predicted molar refractivity (Wildman–Crippen MR) is 122 cm³/mol. The quantitative estimate of drug-likeness (QED) is 0.377. The van der Waals surface area contributed by atoms with E-state index in [0.717, 1.165) is 28.1 Å². The molecule has 0 aliphatic heterocycles. The number of carbonyl (C=O) groups excluding carboxylic acids is 1. The van der Waals surface area contributed by atoms with E-state index in [1.807, 2.05) is 43.5 Å². The van der Waals surface area contributed by atoms with Crippen LogP contribution >= 0.6 is 11.8 Å². The van der Waals surface area contributed by atoms with Crippen molar-refractivity contribution in [2.45, 2.75) is 57.5 Å². The average molecular weight is 425 g/mol. The van der Waals surface area contributed by atoms with Crippen molar-refractivity contribution in [3.63, 3.8) is 0 Å². The van der Waals surface area contributed by atoms with E-state index in [-0.39, 0.29) is 11.2 Å². The molecule has 1 atom stereocenters. The van der Waals surface area contributed by atoms with Crippen LogP contribution in [0.15, 0.2) is 52.8 Å². The predicted octanol–water partition coefficient (Wildman–Crippen LogP) is 5.58. The van der Waals surface area contributed by atoms with Crippen LogP contribution < -0.4 is 5.32 Å². The number of rotatable bonds is 8. The number of aromatic nitrogens is 3. The minimum Gasteiger partial charge on any atom is -0.469 e. The second-order valence-electron chi connectivity index (χ2n) is 7.54. The molecule has 2 heterocycles. The van der Waals surface area contributed by atoms with Gasteiger partial charge in [0.15, 0.2) is 11.0 Å². The number of amides is 1. The zero-order valence-electron chi connectivity index (χ0n) is 18.1. The molecular formula is C23H28N4O2S. The molecule has 2 aromatic heterocycles. The van der Waals surface area contributed by atoms with Crippen LogP contribution in [0.2, 0.25) is 0 Å². The van der Waals surface area contributed by atoms with Gasteiger partial charge in [0.2, 0.25) is 5.91 Å². The molecule has 0 saturated heterocycles. The van der Waals surface area contributed by atoms with Gasteiger partial charge in [0, 0.05) is 12.2 Å². The zero-order valence-corrected chi connectivity index (χ0v) is 18.9. The van der Waals surface area contributed by atoms with Crippen LogP contribution in [0.4, 0.5) is 5.69 Å².